The van der Waals surface area contributed by atoms with E-state index in [0.29, 0.717) is 11.1 Å². The number of aliphatic carboxylic acids is 1. The van der Waals surface area contributed by atoms with Gasteiger partial charge in [0.1, 0.15) is 17.2 Å². The third-order valence-electron chi connectivity index (χ3n) is 6.31. The number of esters is 2. The first kappa shape index (κ1) is 29.7. The minimum absolute atomic E-state index is 0. The summed E-state index contributed by atoms with van der Waals surface area (Å²) in [5.74, 6) is -5.14. The number of amides is 2. The fourth-order valence-corrected chi connectivity index (χ4v) is 6.11. The van der Waals surface area contributed by atoms with Crippen molar-refractivity contribution in [2.45, 2.75) is 48.4 Å². The molecule has 38 heavy (non-hydrogen) atoms. The molecule has 2 fully saturated rings. The number of carbonyl (C=O) groups is 5. The molecule has 4 atom stereocenters. The number of nitrogens with zero attached hydrogens (tertiary/aromatic N) is 1. The standard InChI is InChI=1S/C26H26N2O8S.Na/c1-26(2)20(24(32)33)28-22(31)19(23(28)37-26)27-21(30)18(15-7-5-4-6-8-15)25(34)36-16-11-9-14(10-12-16)13-17(29)35-3;/h4-12,18-20,23H,13H2,1-3H3,(H,27,30)(H,32,33);/q;+1/p-1/t18?,19-,20+,23-;/m1./s1. The van der Waals surface area contributed by atoms with E-state index in [1.165, 1.54) is 35.9 Å². The number of rotatable bonds is 8. The van der Waals surface area contributed by atoms with Crippen molar-refractivity contribution in [1.29, 1.82) is 0 Å². The molecule has 1 unspecified atom stereocenters. The Balaban J connectivity index is 0.00000400. The van der Waals surface area contributed by atoms with Gasteiger partial charge < -0.3 is 29.6 Å². The Hall–Kier alpha value is -2.86. The molecule has 2 aromatic rings. The minimum atomic E-state index is -1.38. The maximum absolute atomic E-state index is 13.3. The summed E-state index contributed by atoms with van der Waals surface area (Å²) < 4.78 is 9.29. The molecular formula is C26H25N2NaO8S. The molecule has 10 nitrogen and oxygen atoms in total. The van der Waals surface area contributed by atoms with E-state index in [2.05, 4.69) is 10.1 Å². The fraction of sp³-hybridized carbons (Fsp3) is 0.346. The van der Waals surface area contributed by atoms with Crippen LogP contribution in [0.25, 0.3) is 0 Å². The second kappa shape index (κ2) is 11.9. The molecule has 0 radical (unpaired) electrons. The molecule has 0 saturated carbocycles. The largest absolute Gasteiger partial charge is 1.00 e. The van der Waals surface area contributed by atoms with E-state index in [1.54, 1.807) is 56.3 Å². The molecule has 0 spiro atoms. The van der Waals surface area contributed by atoms with Gasteiger partial charge in [0.05, 0.1) is 25.5 Å². The molecule has 0 aromatic heterocycles. The molecule has 2 aliphatic heterocycles. The van der Waals surface area contributed by atoms with Crippen LogP contribution in [0.5, 0.6) is 5.75 Å². The van der Waals surface area contributed by atoms with Gasteiger partial charge in [-0.25, -0.2) is 0 Å². The molecule has 4 rings (SSSR count). The monoisotopic (exact) mass is 548 g/mol. The number of hydrogen-bond acceptors (Lipinski definition) is 9. The van der Waals surface area contributed by atoms with Gasteiger partial charge in [-0.1, -0.05) is 42.5 Å². The molecule has 0 bridgehead atoms. The summed E-state index contributed by atoms with van der Waals surface area (Å²) in [6.07, 6.45) is 0.0565. The smallest absolute Gasteiger partial charge is 0.548 e. The van der Waals surface area contributed by atoms with Gasteiger partial charge in [0.15, 0.2) is 5.92 Å². The number of carboxylic acids is 1. The van der Waals surface area contributed by atoms with Crippen molar-refractivity contribution < 1.29 is 68.1 Å². The van der Waals surface area contributed by atoms with E-state index in [9.17, 15) is 29.1 Å². The first-order valence-corrected chi connectivity index (χ1v) is 12.3. The van der Waals surface area contributed by atoms with Gasteiger partial charge in [0, 0.05) is 4.75 Å². The zero-order chi connectivity index (χ0) is 26.9. The Labute approximate surface area is 245 Å². The van der Waals surface area contributed by atoms with Gasteiger partial charge in [0.2, 0.25) is 11.8 Å². The number of methoxy groups -OCH3 is 1. The number of thioether (sulfide) groups is 1. The molecule has 2 saturated heterocycles. The van der Waals surface area contributed by atoms with Gasteiger partial charge in [-0.05, 0) is 37.1 Å². The first-order chi connectivity index (χ1) is 17.5. The van der Waals surface area contributed by atoms with Crippen molar-refractivity contribution in [3.63, 3.8) is 0 Å². The number of benzene rings is 2. The summed E-state index contributed by atoms with van der Waals surface area (Å²) in [7, 11) is 1.29. The van der Waals surface area contributed by atoms with Crippen LogP contribution in [0.3, 0.4) is 0 Å². The van der Waals surface area contributed by atoms with Gasteiger partial charge in [0.25, 0.3) is 0 Å². The first-order valence-electron chi connectivity index (χ1n) is 11.5. The predicted molar refractivity (Wildman–Crippen MR) is 130 cm³/mol. The number of β-lactam (4-membered cyclic amide) rings is 1. The van der Waals surface area contributed by atoms with E-state index in [0.717, 1.165) is 0 Å². The zero-order valence-electron chi connectivity index (χ0n) is 21.3. The maximum atomic E-state index is 13.3. The summed E-state index contributed by atoms with van der Waals surface area (Å²) in [6.45, 7) is 3.40. The Morgan fingerprint density at radius 2 is 1.71 bits per heavy atom. The Morgan fingerprint density at radius 3 is 2.29 bits per heavy atom. The molecule has 2 aliphatic rings. The predicted octanol–water partition coefficient (Wildman–Crippen LogP) is -2.61. The summed E-state index contributed by atoms with van der Waals surface area (Å²) in [5, 5.41) is 13.7. The summed E-state index contributed by atoms with van der Waals surface area (Å²) in [5.41, 5.74) is 1.02. The normalized spacial score (nSPS) is 21.7. The summed E-state index contributed by atoms with van der Waals surface area (Å²) in [4.78, 5) is 63.6. The maximum Gasteiger partial charge on any atom is 1.00 e. The van der Waals surface area contributed by atoms with Crippen LogP contribution in [-0.2, 0) is 35.1 Å². The molecule has 2 aromatic carbocycles. The zero-order valence-corrected chi connectivity index (χ0v) is 24.2. The molecule has 2 heterocycles. The third-order valence-corrected chi connectivity index (χ3v) is 7.88. The van der Waals surface area contributed by atoms with Crippen LogP contribution >= 0.6 is 11.8 Å². The van der Waals surface area contributed by atoms with E-state index >= 15 is 0 Å². The van der Waals surface area contributed by atoms with E-state index in [1.807, 2.05) is 0 Å². The van der Waals surface area contributed by atoms with Crippen LogP contribution in [0.4, 0.5) is 0 Å². The second-order valence-corrected chi connectivity index (χ2v) is 11.0. The number of carboxylic acid groups (broad SMARTS) is 1. The van der Waals surface area contributed by atoms with E-state index in [4.69, 9.17) is 4.74 Å². The fourth-order valence-electron chi connectivity index (χ4n) is 4.49. The summed E-state index contributed by atoms with van der Waals surface area (Å²) in [6, 6.07) is 12.4. The minimum Gasteiger partial charge on any atom is -0.548 e. The Morgan fingerprint density at radius 1 is 1.08 bits per heavy atom. The van der Waals surface area contributed by atoms with Gasteiger partial charge in [-0.2, -0.15) is 0 Å². The SMILES string of the molecule is COC(=O)Cc1ccc(OC(=O)C(C(=O)N[C@@H]2C(=O)N3[C@@H]2SC(C)(C)[C@@H]3C(=O)[O-])c2ccccc2)cc1.[Na+]. The number of ether oxygens (including phenoxy) is 2. The molecule has 194 valence electrons. The number of hydrogen-bond donors (Lipinski definition) is 1. The average Bonchev–Trinajstić information content (AvgIpc) is 3.12. The molecular weight excluding hydrogens is 523 g/mol. The van der Waals surface area contributed by atoms with Crippen LogP contribution in [0, 0.1) is 0 Å². The van der Waals surface area contributed by atoms with Crippen molar-refractivity contribution in [1.82, 2.24) is 10.2 Å². The Bertz CT molecular complexity index is 1240. The molecule has 0 aliphatic carbocycles. The summed E-state index contributed by atoms with van der Waals surface area (Å²) >= 11 is 1.25. The van der Waals surface area contributed by atoms with Crippen molar-refractivity contribution in [2.24, 2.45) is 0 Å². The Kier molecular flexibility index (Phi) is 9.30. The topological polar surface area (TPSA) is 142 Å². The van der Waals surface area contributed by atoms with Crippen LogP contribution in [0.15, 0.2) is 54.6 Å². The van der Waals surface area contributed by atoms with E-state index in [-0.39, 0.29) is 41.7 Å². The van der Waals surface area contributed by atoms with Gasteiger partial charge >= 0.3 is 41.5 Å². The van der Waals surface area contributed by atoms with Gasteiger partial charge in [-0.15, -0.1) is 11.8 Å². The number of nitrogens with one attached hydrogen (secondary N) is 1. The van der Waals surface area contributed by atoms with Crippen molar-refractivity contribution >= 4 is 41.5 Å². The third kappa shape index (κ3) is 5.90. The van der Waals surface area contributed by atoms with Crippen LogP contribution < -0.4 is 44.7 Å². The van der Waals surface area contributed by atoms with Crippen molar-refractivity contribution in [2.75, 3.05) is 7.11 Å². The second-order valence-electron chi connectivity index (χ2n) is 9.23. The van der Waals surface area contributed by atoms with Gasteiger partial charge in [-0.3, -0.25) is 19.2 Å². The molecule has 1 N–H and O–H groups in total. The van der Waals surface area contributed by atoms with Crippen LogP contribution in [0.2, 0.25) is 0 Å². The number of carbonyl (C=O) groups excluding carboxylic acids is 5. The van der Waals surface area contributed by atoms with Crippen LogP contribution in [-0.4, -0.2) is 63.9 Å². The van der Waals surface area contributed by atoms with Crippen molar-refractivity contribution in [3.05, 3.63) is 65.7 Å². The molecule has 12 heteroatoms. The molecule has 2 amide bonds. The van der Waals surface area contributed by atoms with E-state index < -0.39 is 57.8 Å². The quantitative estimate of drug-likeness (QED) is 0.123. The average molecular weight is 549 g/mol. The van der Waals surface area contributed by atoms with Crippen molar-refractivity contribution in [3.8, 4) is 5.75 Å². The van der Waals surface area contributed by atoms with Crippen LogP contribution in [0.1, 0.15) is 30.9 Å². The number of fused-ring (bicyclic) bond motifs is 1.